The van der Waals surface area contributed by atoms with E-state index in [0.717, 1.165) is 6.42 Å². The Labute approximate surface area is 65.2 Å². The number of hydrogen-bond acceptors (Lipinski definition) is 2. The van der Waals surface area contributed by atoms with E-state index >= 15 is 0 Å². The normalized spacial score (nSPS) is 30.5. The maximum Gasteiger partial charge on any atom is 0.316 e. The molecule has 1 aliphatic carbocycles. The predicted octanol–water partition coefficient (Wildman–Crippen LogP) is 1.30. The molecule has 0 radical (unpaired) electrons. The van der Waals surface area contributed by atoms with E-state index in [4.69, 9.17) is 10.5 Å². The van der Waals surface area contributed by atoms with Crippen molar-refractivity contribution in [2.24, 2.45) is 11.8 Å². The summed E-state index contributed by atoms with van der Waals surface area (Å²) < 4.78 is 0. The molecule has 2 unspecified atom stereocenters. The van der Waals surface area contributed by atoms with Gasteiger partial charge in [0.25, 0.3) is 0 Å². The molecule has 0 aromatic heterocycles. The Morgan fingerprint density at radius 3 is 2.91 bits per heavy atom. The smallest absolute Gasteiger partial charge is 0.316 e. The van der Waals surface area contributed by atoms with Gasteiger partial charge in [0, 0.05) is 5.71 Å². The van der Waals surface area contributed by atoms with E-state index in [0.29, 0.717) is 5.71 Å². The first-order chi connectivity index (χ1) is 5.13. The molecular weight excluding hydrogens is 142 g/mol. The predicted molar refractivity (Wildman–Crippen MR) is 41.8 cm³/mol. The van der Waals surface area contributed by atoms with Crippen molar-refractivity contribution in [2.45, 2.75) is 13.3 Å². The van der Waals surface area contributed by atoms with E-state index in [1.165, 1.54) is 0 Å². The minimum atomic E-state index is -0.919. The largest absolute Gasteiger partial charge is 0.481 e. The van der Waals surface area contributed by atoms with Crippen molar-refractivity contribution in [1.82, 2.24) is 0 Å². The Morgan fingerprint density at radius 1 is 1.82 bits per heavy atom. The molecule has 3 heteroatoms. The Hall–Kier alpha value is -1.12. The molecule has 0 fully saturated rings. The van der Waals surface area contributed by atoms with Crippen LogP contribution >= 0.6 is 0 Å². The summed E-state index contributed by atoms with van der Waals surface area (Å²) in [5.74, 6) is -1.52. The maximum atomic E-state index is 10.5. The second-order valence-corrected chi connectivity index (χ2v) is 2.84. The summed E-state index contributed by atoms with van der Waals surface area (Å²) in [5.41, 5.74) is 0.319. The molecule has 3 nitrogen and oxygen atoms in total. The van der Waals surface area contributed by atoms with Gasteiger partial charge < -0.3 is 10.5 Å². The van der Waals surface area contributed by atoms with Gasteiger partial charge in [0.15, 0.2) is 0 Å². The summed E-state index contributed by atoms with van der Waals surface area (Å²) in [6, 6.07) is 0. The molecule has 1 aliphatic rings. The number of aliphatic carboxylic acids is 1. The van der Waals surface area contributed by atoms with Crippen LogP contribution in [0.5, 0.6) is 0 Å². The highest BCUT2D eigenvalue weighted by Crippen LogP contribution is 2.19. The first-order valence-electron chi connectivity index (χ1n) is 3.60. The number of nitrogens with one attached hydrogen (secondary N) is 1. The Balaban J connectivity index is 2.81. The molecule has 0 bridgehead atoms. The third-order valence-electron chi connectivity index (χ3n) is 1.95. The van der Waals surface area contributed by atoms with Gasteiger partial charge >= 0.3 is 5.97 Å². The van der Waals surface area contributed by atoms with E-state index in [-0.39, 0.29) is 5.92 Å². The van der Waals surface area contributed by atoms with Gasteiger partial charge in [0.2, 0.25) is 0 Å². The summed E-state index contributed by atoms with van der Waals surface area (Å²) in [6.07, 6.45) is 4.22. The fraction of sp³-hybridized carbons (Fsp3) is 0.500. The lowest BCUT2D eigenvalue weighted by Crippen LogP contribution is -2.28. The van der Waals surface area contributed by atoms with Crippen LogP contribution in [0.25, 0.3) is 0 Å². The summed E-state index contributed by atoms with van der Waals surface area (Å²) >= 11 is 0. The Bertz CT molecular complexity index is 220. The molecule has 0 saturated carbocycles. The fourth-order valence-corrected chi connectivity index (χ4v) is 1.17. The number of carboxylic acid groups (broad SMARTS) is 1. The van der Waals surface area contributed by atoms with Crippen molar-refractivity contribution in [3.8, 4) is 0 Å². The monoisotopic (exact) mass is 153 g/mol. The molecular formula is C8H11NO2. The quantitative estimate of drug-likeness (QED) is 0.558. The van der Waals surface area contributed by atoms with Crippen LogP contribution in [-0.4, -0.2) is 16.8 Å². The number of allylic oxidation sites excluding steroid dienone is 1. The summed E-state index contributed by atoms with van der Waals surface area (Å²) in [5, 5.41) is 16.1. The van der Waals surface area contributed by atoms with Crippen LogP contribution < -0.4 is 0 Å². The zero-order valence-corrected chi connectivity index (χ0v) is 6.37. The second-order valence-electron chi connectivity index (χ2n) is 2.84. The second kappa shape index (κ2) is 2.86. The van der Waals surface area contributed by atoms with Crippen LogP contribution in [-0.2, 0) is 4.79 Å². The number of hydrogen-bond donors (Lipinski definition) is 2. The highest BCUT2D eigenvalue weighted by atomic mass is 16.4. The van der Waals surface area contributed by atoms with E-state index in [1.54, 1.807) is 6.08 Å². The molecule has 0 amide bonds. The van der Waals surface area contributed by atoms with Crippen LogP contribution in [0.1, 0.15) is 13.3 Å². The molecule has 1 rings (SSSR count). The van der Waals surface area contributed by atoms with Gasteiger partial charge in [-0.25, -0.2) is 0 Å². The van der Waals surface area contributed by atoms with Gasteiger partial charge in [0.1, 0.15) is 5.92 Å². The summed E-state index contributed by atoms with van der Waals surface area (Å²) in [6.45, 7) is 1.88. The van der Waals surface area contributed by atoms with Gasteiger partial charge in [-0.05, 0) is 12.3 Å². The lowest BCUT2D eigenvalue weighted by molar-refractivity contribution is -0.138. The van der Waals surface area contributed by atoms with E-state index < -0.39 is 11.9 Å². The van der Waals surface area contributed by atoms with Crippen LogP contribution in [0.15, 0.2) is 12.2 Å². The van der Waals surface area contributed by atoms with Crippen LogP contribution in [0.3, 0.4) is 0 Å². The molecule has 2 atom stereocenters. The molecule has 0 spiro atoms. The lowest BCUT2D eigenvalue weighted by Gasteiger charge is -2.19. The van der Waals surface area contributed by atoms with Crippen molar-refractivity contribution < 1.29 is 9.90 Å². The number of rotatable bonds is 1. The third-order valence-corrected chi connectivity index (χ3v) is 1.95. The Morgan fingerprint density at radius 2 is 2.45 bits per heavy atom. The fourth-order valence-electron chi connectivity index (χ4n) is 1.17. The lowest BCUT2D eigenvalue weighted by atomic mass is 9.86. The molecule has 60 valence electrons. The molecule has 0 aliphatic heterocycles. The minimum absolute atomic E-state index is 0.0844. The van der Waals surface area contributed by atoms with Crippen LogP contribution in [0, 0.1) is 17.2 Å². The first-order valence-corrected chi connectivity index (χ1v) is 3.60. The van der Waals surface area contributed by atoms with E-state index in [2.05, 4.69) is 0 Å². The van der Waals surface area contributed by atoms with Crippen molar-refractivity contribution in [1.29, 1.82) is 5.41 Å². The van der Waals surface area contributed by atoms with Gasteiger partial charge in [-0.3, -0.25) is 4.79 Å². The van der Waals surface area contributed by atoms with Gasteiger partial charge in [-0.15, -0.1) is 0 Å². The first kappa shape index (κ1) is 7.98. The average Bonchev–Trinajstić information content (AvgIpc) is 1.94. The summed E-state index contributed by atoms with van der Waals surface area (Å²) in [4.78, 5) is 10.5. The van der Waals surface area contributed by atoms with Crippen LogP contribution in [0.4, 0.5) is 0 Å². The highest BCUT2D eigenvalue weighted by Gasteiger charge is 2.26. The minimum Gasteiger partial charge on any atom is -0.481 e. The molecule has 11 heavy (non-hydrogen) atoms. The highest BCUT2D eigenvalue weighted by molar-refractivity contribution is 6.03. The summed E-state index contributed by atoms with van der Waals surface area (Å²) in [7, 11) is 0. The SMILES string of the molecule is CC1CC=CC(C(=O)O)C1=N. The molecule has 2 N–H and O–H groups in total. The molecule has 0 heterocycles. The third kappa shape index (κ3) is 1.48. The van der Waals surface area contributed by atoms with Gasteiger partial charge in [-0.1, -0.05) is 19.1 Å². The van der Waals surface area contributed by atoms with Crippen LogP contribution in [0.2, 0.25) is 0 Å². The molecule has 0 aromatic carbocycles. The molecule has 0 aromatic rings. The topological polar surface area (TPSA) is 61.1 Å². The van der Waals surface area contributed by atoms with Crippen molar-refractivity contribution >= 4 is 11.7 Å². The van der Waals surface area contributed by atoms with Gasteiger partial charge in [-0.2, -0.15) is 0 Å². The van der Waals surface area contributed by atoms with Crippen molar-refractivity contribution in [2.75, 3.05) is 0 Å². The Kier molecular flexibility index (Phi) is 2.08. The van der Waals surface area contributed by atoms with Gasteiger partial charge in [0.05, 0.1) is 0 Å². The maximum absolute atomic E-state index is 10.5. The van der Waals surface area contributed by atoms with E-state index in [9.17, 15) is 4.79 Å². The number of carbonyl (C=O) groups is 1. The zero-order chi connectivity index (χ0) is 8.43. The van der Waals surface area contributed by atoms with Crippen molar-refractivity contribution in [3.05, 3.63) is 12.2 Å². The standard InChI is InChI=1S/C8H11NO2/c1-5-3-2-4-6(7(5)9)8(10)11/h2,4-6,9H,3H2,1H3,(H,10,11). The van der Waals surface area contributed by atoms with E-state index in [1.807, 2.05) is 13.0 Å². The number of carboxylic acids is 1. The average molecular weight is 153 g/mol. The van der Waals surface area contributed by atoms with Crippen molar-refractivity contribution in [3.63, 3.8) is 0 Å². The molecule has 0 saturated heterocycles. The zero-order valence-electron chi connectivity index (χ0n) is 6.37.